The Morgan fingerprint density at radius 1 is 0.667 bits per heavy atom. The molecule has 0 aliphatic carbocycles. The molecule has 0 amide bonds. The Bertz CT molecular complexity index is 765. The SMILES string of the molecule is CCCCCCCOc1ccc(OC(=O)c2ccc(OC(=O)CCCC)cc2)cc1. The molecule has 5 nitrogen and oxygen atoms in total. The van der Waals surface area contributed by atoms with Gasteiger partial charge in [0.1, 0.15) is 17.2 Å². The summed E-state index contributed by atoms with van der Waals surface area (Å²) < 4.78 is 16.4. The lowest BCUT2D eigenvalue weighted by Crippen LogP contribution is -2.10. The predicted molar refractivity (Wildman–Crippen MR) is 117 cm³/mol. The van der Waals surface area contributed by atoms with Crippen LogP contribution in [0.5, 0.6) is 17.2 Å². The van der Waals surface area contributed by atoms with Crippen LogP contribution in [-0.2, 0) is 4.79 Å². The Hall–Kier alpha value is -2.82. The molecule has 2 aromatic rings. The van der Waals surface area contributed by atoms with Crippen molar-refractivity contribution in [2.45, 2.75) is 65.2 Å². The molecule has 0 spiro atoms. The molecule has 0 bridgehead atoms. The summed E-state index contributed by atoms with van der Waals surface area (Å²) in [6, 6.07) is 13.4. The Labute approximate surface area is 179 Å². The third kappa shape index (κ3) is 8.68. The molecular weight excluding hydrogens is 380 g/mol. The number of hydrogen-bond acceptors (Lipinski definition) is 5. The van der Waals surface area contributed by atoms with Crippen LogP contribution in [0.4, 0.5) is 0 Å². The fourth-order valence-corrected chi connectivity index (χ4v) is 2.83. The van der Waals surface area contributed by atoms with Gasteiger partial charge in [0.25, 0.3) is 0 Å². The molecule has 0 saturated heterocycles. The van der Waals surface area contributed by atoms with Crippen molar-refractivity contribution in [3.63, 3.8) is 0 Å². The number of carbonyl (C=O) groups excluding carboxylic acids is 2. The topological polar surface area (TPSA) is 61.8 Å². The largest absolute Gasteiger partial charge is 0.494 e. The van der Waals surface area contributed by atoms with Crippen LogP contribution in [0, 0.1) is 0 Å². The van der Waals surface area contributed by atoms with Gasteiger partial charge >= 0.3 is 11.9 Å². The van der Waals surface area contributed by atoms with Crippen molar-refractivity contribution in [1.82, 2.24) is 0 Å². The van der Waals surface area contributed by atoms with Gasteiger partial charge in [-0.2, -0.15) is 0 Å². The molecular formula is C25H32O5. The van der Waals surface area contributed by atoms with Gasteiger partial charge in [-0.1, -0.05) is 46.0 Å². The van der Waals surface area contributed by atoms with E-state index >= 15 is 0 Å². The minimum Gasteiger partial charge on any atom is -0.494 e. The molecule has 0 aliphatic rings. The number of ether oxygens (including phenoxy) is 3. The van der Waals surface area contributed by atoms with Crippen molar-refractivity contribution in [3.8, 4) is 17.2 Å². The van der Waals surface area contributed by atoms with Crippen molar-refractivity contribution in [2.75, 3.05) is 6.61 Å². The van der Waals surface area contributed by atoms with Gasteiger partial charge < -0.3 is 14.2 Å². The first-order chi connectivity index (χ1) is 14.6. The molecule has 0 aromatic heterocycles. The number of unbranched alkanes of at least 4 members (excludes halogenated alkanes) is 5. The highest BCUT2D eigenvalue weighted by atomic mass is 16.5. The van der Waals surface area contributed by atoms with Crippen molar-refractivity contribution in [3.05, 3.63) is 54.1 Å². The Morgan fingerprint density at radius 2 is 1.23 bits per heavy atom. The van der Waals surface area contributed by atoms with Gasteiger partial charge in [0.15, 0.2) is 0 Å². The molecule has 5 heteroatoms. The van der Waals surface area contributed by atoms with Crippen LogP contribution in [0.1, 0.15) is 75.6 Å². The van der Waals surface area contributed by atoms with Crippen LogP contribution in [-0.4, -0.2) is 18.5 Å². The quantitative estimate of drug-likeness (QED) is 0.218. The summed E-state index contributed by atoms with van der Waals surface area (Å²) in [5, 5.41) is 0. The average molecular weight is 413 g/mol. The van der Waals surface area contributed by atoms with Gasteiger partial charge in [0, 0.05) is 6.42 Å². The molecule has 0 atom stereocenters. The second-order valence-corrected chi connectivity index (χ2v) is 7.23. The first kappa shape index (κ1) is 23.5. The number of esters is 2. The third-order valence-electron chi connectivity index (χ3n) is 4.61. The molecule has 30 heavy (non-hydrogen) atoms. The molecule has 2 aromatic carbocycles. The fourth-order valence-electron chi connectivity index (χ4n) is 2.83. The lowest BCUT2D eigenvalue weighted by molar-refractivity contribution is -0.134. The predicted octanol–water partition coefficient (Wildman–Crippen LogP) is 6.35. The Morgan fingerprint density at radius 3 is 1.90 bits per heavy atom. The molecule has 0 aliphatic heterocycles. The van der Waals surface area contributed by atoms with E-state index in [2.05, 4.69) is 6.92 Å². The van der Waals surface area contributed by atoms with Gasteiger partial charge in [-0.3, -0.25) is 4.79 Å². The maximum absolute atomic E-state index is 12.3. The lowest BCUT2D eigenvalue weighted by Gasteiger charge is -2.08. The maximum Gasteiger partial charge on any atom is 0.343 e. The molecule has 0 unspecified atom stereocenters. The number of carbonyl (C=O) groups is 2. The van der Waals surface area contributed by atoms with E-state index in [9.17, 15) is 9.59 Å². The summed E-state index contributed by atoms with van der Waals surface area (Å²) in [5.74, 6) is 0.896. The summed E-state index contributed by atoms with van der Waals surface area (Å²) >= 11 is 0. The molecule has 0 heterocycles. The molecule has 0 N–H and O–H groups in total. The maximum atomic E-state index is 12.3. The molecule has 2 rings (SSSR count). The smallest absolute Gasteiger partial charge is 0.343 e. The first-order valence-electron chi connectivity index (χ1n) is 10.9. The summed E-state index contributed by atoms with van der Waals surface area (Å²) in [4.78, 5) is 24.0. The van der Waals surface area contributed by atoms with Gasteiger partial charge in [-0.05, 0) is 61.4 Å². The van der Waals surface area contributed by atoms with E-state index in [1.807, 2.05) is 6.92 Å². The van der Waals surface area contributed by atoms with Gasteiger partial charge in [-0.25, -0.2) is 4.79 Å². The molecule has 0 fully saturated rings. The first-order valence-corrected chi connectivity index (χ1v) is 10.9. The van der Waals surface area contributed by atoms with E-state index < -0.39 is 5.97 Å². The fraction of sp³-hybridized carbons (Fsp3) is 0.440. The average Bonchev–Trinajstić information content (AvgIpc) is 2.76. The summed E-state index contributed by atoms with van der Waals surface area (Å²) in [6.07, 6.45) is 8.10. The number of hydrogen-bond donors (Lipinski definition) is 0. The minimum absolute atomic E-state index is 0.268. The lowest BCUT2D eigenvalue weighted by atomic mass is 10.2. The Kier molecular flexibility index (Phi) is 10.5. The van der Waals surface area contributed by atoms with Crippen molar-refractivity contribution in [1.29, 1.82) is 0 Å². The van der Waals surface area contributed by atoms with Crippen LogP contribution < -0.4 is 14.2 Å². The monoisotopic (exact) mass is 412 g/mol. The van der Waals surface area contributed by atoms with Crippen molar-refractivity contribution < 1.29 is 23.8 Å². The van der Waals surface area contributed by atoms with Crippen LogP contribution in [0.2, 0.25) is 0 Å². The second kappa shape index (κ2) is 13.4. The van der Waals surface area contributed by atoms with E-state index in [1.165, 1.54) is 25.7 Å². The summed E-state index contributed by atoms with van der Waals surface area (Å²) in [7, 11) is 0. The molecule has 162 valence electrons. The minimum atomic E-state index is -0.469. The van der Waals surface area contributed by atoms with Crippen LogP contribution in [0.3, 0.4) is 0 Å². The van der Waals surface area contributed by atoms with E-state index in [0.29, 0.717) is 30.1 Å². The van der Waals surface area contributed by atoms with Crippen LogP contribution in [0.25, 0.3) is 0 Å². The van der Waals surface area contributed by atoms with E-state index in [-0.39, 0.29) is 5.97 Å². The zero-order chi connectivity index (χ0) is 21.6. The standard InChI is InChI=1S/C25H32O5/c1-3-5-7-8-9-19-28-21-15-17-23(18-16-21)30-25(27)20-11-13-22(14-12-20)29-24(26)10-6-4-2/h11-18H,3-10,19H2,1-2H3. The number of benzene rings is 2. The van der Waals surface area contributed by atoms with E-state index in [0.717, 1.165) is 25.0 Å². The second-order valence-electron chi connectivity index (χ2n) is 7.23. The Balaban J connectivity index is 1.77. The van der Waals surface area contributed by atoms with Crippen LogP contribution in [0.15, 0.2) is 48.5 Å². The van der Waals surface area contributed by atoms with Crippen molar-refractivity contribution >= 4 is 11.9 Å². The molecule has 0 saturated carbocycles. The highest BCUT2D eigenvalue weighted by Crippen LogP contribution is 2.20. The van der Waals surface area contributed by atoms with E-state index in [4.69, 9.17) is 14.2 Å². The van der Waals surface area contributed by atoms with Gasteiger partial charge in [0.05, 0.1) is 12.2 Å². The van der Waals surface area contributed by atoms with Gasteiger partial charge in [0.2, 0.25) is 0 Å². The van der Waals surface area contributed by atoms with E-state index in [1.54, 1.807) is 48.5 Å². The zero-order valence-corrected chi connectivity index (χ0v) is 18.0. The highest BCUT2D eigenvalue weighted by Gasteiger charge is 2.10. The van der Waals surface area contributed by atoms with Gasteiger partial charge in [-0.15, -0.1) is 0 Å². The summed E-state index contributed by atoms with van der Waals surface area (Å²) in [6.45, 7) is 4.91. The zero-order valence-electron chi connectivity index (χ0n) is 18.0. The molecule has 0 radical (unpaired) electrons. The summed E-state index contributed by atoms with van der Waals surface area (Å²) in [5.41, 5.74) is 0.385. The van der Waals surface area contributed by atoms with Crippen LogP contribution >= 0.6 is 0 Å². The normalized spacial score (nSPS) is 10.5. The van der Waals surface area contributed by atoms with Crippen molar-refractivity contribution in [2.24, 2.45) is 0 Å². The number of rotatable bonds is 13. The third-order valence-corrected chi connectivity index (χ3v) is 4.61. The highest BCUT2D eigenvalue weighted by molar-refractivity contribution is 5.91.